The molecule has 1 aromatic carbocycles. The van der Waals surface area contributed by atoms with Crippen LogP contribution >= 0.6 is 0 Å². The lowest BCUT2D eigenvalue weighted by molar-refractivity contribution is -0.143. The third-order valence-electron chi connectivity index (χ3n) is 4.25. The molecule has 1 saturated heterocycles. The Hall–Kier alpha value is -2.08. The molecule has 126 valence electrons. The number of carbonyl (C=O) groups is 2. The van der Waals surface area contributed by atoms with Crippen LogP contribution in [0.1, 0.15) is 30.5 Å². The number of hydrogen-bond acceptors (Lipinski definition) is 4. The van der Waals surface area contributed by atoms with E-state index in [0.29, 0.717) is 37.5 Å². The quantitative estimate of drug-likeness (QED) is 0.914. The van der Waals surface area contributed by atoms with Crippen LogP contribution in [0.5, 0.6) is 5.75 Å². The summed E-state index contributed by atoms with van der Waals surface area (Å²) in [5, 5.41) is 9.78. The predicted octanol–water partition coefficient (Wildman–Crippen LogP) is 1.68. The van der Waals surface area contributed by atoms with E-state index in [2.05, 4.69) is 0 Å². The molecule has 0 unspecified atom stereocenters. The summed E-state index contributed by atoms with van der Waals surface area (Å²) in [6.07, 6.45) is 0.761. The molecule has 1 fully saturated rings. The van der Waals surface area contributed by atoms with Crippen molar-refractivity contribution in [2.75, 3.05) is 33.3 Å². The normalized spacial score (nSPS) is 17.4. The van der Waals surface area contributed by atoms with Crippen molar-refractivity contribution in [1.82, 2.24) is 9.80 Å². The Morgan fingerprint density at radius 1 is 1.22 bits per heavy atom. The lowest BCUT2D eigenvalue weighted by atomic mass is 10.0. The van der Waals surface area contributed by atoms with Gasteiger partial charge in [0.1, 0.15) is 11.8 Å². The van der Waals surface area contributed by atoms with Crippen molar-refractivity contribution in [2.24, 2.45) is 0 Å². The number of amides is 1. The van der Waals surface area contributed by atoms with Crippen molar-refractivity contribution < 1.29 is 19.4 Å². The first-order valence-corrected chi connectivity index (χ1v) is 7.81. The van der Waals surface area contributed by atoms with Crippen LogP contribution in [0.25, 0.3) is 0 Å². The van der Waals surface area contributed by atoms with Crippen molar-refractivity contribution in [3.63, 3.8) is 0 Å². The fourth-order valence-electron chi connectivity index (χ4n) is 3.06. The fourth-order valence-corrected chi connectivity index (χ4v) is 3.06. The summed E-state index contributed by atoms with van der Waals surface area (Å²) in [6, 6.07) is 4.81. The topological polar surface area (TPSA) is 70.1 Å². The highest BCUT2D eigenvalue weighted by Crippen LogP contribution is 2.31. The molecule has 0 aliphatic carbocycles. The second kappa shape index (κ2) is 7.46. The number of aryl methyl sites for hydroxylation is 1. The van der Waals surface area contributed by atoms with Gasteiger partial charge in [-0.25, -0.2) is 0 Å². The molecule has 1 N–H and O–H groups in total. The van der Waals surface area contributed by atoms with Gasteiger partial charge in [-0.05, 0) is 19.4 Å². The van der Waals surface area contributed by atoms with Crippen LogP contribution in [0.15, 0.2) is 18.2 Å². The van der Waals surface area contributed by atoms with Crippen LogP contribution in [0.4, 0.5) is 0 Å². The standard InChI is InChI=1S/C17H24N2O4/c1-12-5-6-15(23-3)14(11-12)16(17(21)22)19-8-4-7-18(9-10-19)13(2)20/h5-6,11,16H,4,7-10H2,1-3H3,(H,21,22)/t16-/m0/s1. The van der Waals surface area contributed by atoms with E-state index in [1.54, 1.807) is 25.0 Å². The lowest BCUT2D eigenvalue weighted by Crippen LogP contribution is -2.38. The first-order valence-electron chi connectivity index (χ1n) is 7.81. The van der Waals surface area contributed by atoms with Crippen molar-refractivity contribution in [1.29, 1.82) is 0 Å². The average Bonchev–Trinajstić information content (AvgIpc) is 2.73. The maximum absolute atomic E-state index is 11.9. The average molecular weight is 320 g/mol. The summed E-state index contributed by atoms with van der Waals surface area (Å²) < 4.78 is 5.36. The molecular formula is C17H24N2O4. The molecule has 0 bridgehead atoms. The van der Waals surface area contributed by atoms with Gasteiger partial charge in [-0.2, -0.15) is 0 Å². The number of rotatable bonds is 4. The molecule has 23 heavy (non-hydrogen) atoms. The van der Waals surface area contributed by atoms with E-state index in [4.69, 9.17) is 4.74 Å². The van der Waals surface area contributed by atoms with Gasteiger partial charge in [-0.3, -0.25) is 14.5 Å². The number of ether oxygens (including phenoxy) is 1. The Bertz CT molecular complexity index is 588. The summed E-state index contributed by atoms with van der Waals surface area (Å²) in [7, 11) is 1.55. The molecule has 1 atom stereocenters. The molecule has 1 amide bonds. The molecule has 6 heteroatoms. The predicted molar refractivity (Wildman–Crippen MR) is 86.6 cm³/mol. The zero-order valence-electron chi connectivity index (χ0n) is 13.9. The highest BCUT2D eigenvalue weighted by atomic mass is 16.5. The van der Waals surface area contributed by atoms with Crippen LogP contribution in [-0.2, 0) is 9.59 Å². The van der Waals surface area contributed by atoms with Crippen LogP contribution in [0, 0.1) is 6.92 Å². The summed E-state index contributed by atoms with van der Waals surface area (Å²) >= 11 is 0. The minimum absolute atomic E-state index is 0.0341. The zero-order chi connectivity index (χ0) is 17.0. The highest BCUT2D eigenvalue weighted by Gasteiger charge is 2.31. The second-order valence-electron chi connectivity index (χ2n) is 5.88. The summed E-state index contributed by atoms with van der Waals surface area (Å²) in [5.41, 5.74) is 1.66. The van der Waals surface area contributed by atoms with Crippen molar-refractivity contribution >= 4 is 11.9 Å². The SMILES string of the molecule is COc1ccc(C)cc1[C@@H](C(=O)O)N1CCCN(C(C)=O)CC1. The van der Waals surface area contributed by atoms with E-state index in [1.807, 2.05) is 24.0 Å². The Morgan fingerprint density at radius 2 is 1.96 bits per heavy atom. The highest BCUT2D eigenvalue weighted by molar-refractivity contribution is 5.77. The number of carboxylic acids is 1. The van der Waals surface area contributed by atoms with Crippen LogP contribution in [-0.4, -0.2) is 60.1 Å². The number of aliphatic carboxylic acids is 1. The van der Waals surface area contributed by atoms with Gasteiger partial charge in [0.05, 0.1) is 7.11 Å². The Morgan fingerprint density at radius 3 is 2.57 bits per heavy atom. The van der Waals surface area contributed by atoms with Gasteiger partial charge in [-0.1, -0.05) is 17.7 Å². The lowest BCUT2D eigenvalue weighted by Gasteiger charge is -2.29. The number of methoxy groups -OCH3 is 1. The van der Waals surface area contributed by atoms with E-state index in [-0.39, 0.29) is 5.91 Å². The van der Waals surface area contributed by atoms with Crippen LogP contribution in [0.3, 0.4) is 0 Å². The van der Waals surface area contributed by atoms with Crippen molar-refractivity contribution in [3.05, 3.63) is 29.3 Å². The summed E-state index contributed by atoms with van der Waals surface area (Å²) in [4.78, 5) is 27.2. The molecule has 1 aliphatic heterocycles. The van der Waals surface area contributed by atoms with Gasteiger partial charge in [0, 0.05) is 38.7 Å². The van der Waals surface area contributed by atoms with Gasteiger partial charge in [0.15, 0.2) is 0 Å². The van der Waals surface area contributed by atoms with Gasteiger partial charge < -0.3 is 14.7 Å². The molecular weight excluding hydrogens is 296 g/mol. The van der Waals surface area contributed by atoms with E-state index < -0.39 is 12.0 Å². The number of carbonyl (C=O) groups excluding carboxylic acids is 1. The molecule has 0 saturated carbocycles. The molecule has 0 spiro atoms. The molecule has 1 aliphatic rings. The first kappa shape index (κ1) is 17.3. The molecule has 2 rings (SSSR count). The van der Waals surface area contributed by atoms with Crippen LogP contribution < -0.4 is 4.74 Å². The fraction of sp³-hybridized carbons (Fsp3) is 0.529. The minimum Gasteiger partial charge on any atom is -0.496 e. The minimum atomic E-state index is -0.898. The third-order valence-corrected chi connectivity index (χ3v) is 4.25. The van der Waals surface area contributed by atoms with Gasteiger partial charge in [-0.15, -0.1) is 0 Å². The van der Waals surface area contributed by atoms with Gasteiger partial charge >= 0.3 is 5.97 Å². The smallest absolute Gasteiger partial charge is 0.325 e. The molecule has 6 nitrogen and oxygen atoms in total. The number of carboxylic acid groups (broad SMARTS) is 1. The van der Waals surface area contributed by atoms with Crippen molar-refractivity contribution in [2.45, 2.75) is 26.3 Å². The van der Waals surface area contributed by atoms with Crippen molar-refractivity contribution in [3.8, 4) is 5.75 Å². The largest absolute Gasteiger partial charge is 0.496 e. The summed E-state index contributed by atoms with van der Waals surface area (Å²) in [6.45, 7) is 5.87. The van der Waals surface area contributed by atoms with E-state index in [0.717, 1.165) is 12.0 Å². The number of benzene rings is 1. The molecule has 1 heterocycles. The Labute approximate surface area is 136 Å². The second-order valence-corrected chi connectivity index (χ2v) is 5.88. The monoisotopic (exact) mass is 320 g/mol. The number of nitrogens with zero attached hydrogens (tertiary/aromatic N) is 2. The Balaban J connectivity index is 2.30. The van der Waals surface area contributed by atoms with E-state index >= 15 is 0 Å². The number of hydrogen-bond donors (Lipinski definition) is 1. The van der Waals surface area contributed by atoms with E-state index in [1.165, 1.54) is 0 Å². The first-order chi connectivity index (χ1) is 10.9. The summed E-state index contributed by atoms with van der Waals surface area (Å²) in [5.74, 6) is -0.285. The molecule has 1 aromatic rings. The van der Waals surface area contributed by atoms with E-state index in [9.17, 15) is 14.7 Å². The Kier molecular flexibility index (Phi) is 5.60. The third kappa shape index (κ3) is 4.01. The maximum atomic E-state index is 11.9. The molecule has 0 aromatic heterocycles. The molecule has 0 radical (unpaired) electrons. The zero-order valence-corrected chi connectivity index (χ0v) is 13.9. The maximum Gasteiger partial charge on any atom is 0.325 e. The van der Waals surface area contributed by atoms with Crippen LogP contribution in [0.2, 0.25) is 0 Å². The van der Waals surface area contributed by atoms with Gasteiger partial charge in [0.2, 0.25) is 5.91 Å². The van der Waals surface area contributed by atoms with Gasteiger partial charge in [0.25, 0.3) is 0 Å².